The molecule has 2 heterocycles. The minimum Gasteiger partial charge on any atom is -0.329 e. The monoisotopic (exact) mass is 263 g/mol. The molecule has 6 heteroatoms. The quantitative estimate of drug-likeness (QED) is 0.683. The van der Waals surface area contributed by atoms with E-state index in [2.05, 4.69) is 9.97 Å². The van der Waals surface area contributed by atoms with Crippen molar-refractivity contribution in [2.75, 3.05) is 0 Å². The standard InChI is InChI=1S/C12H7F2N3S/c13-7-3-1-5-9(10(7)14)17-11-8(16-12(17)18)4-2-6-15-11/h1-6H,(H,16,18). The highest BCUT2D eigenvalue weighted by Crippen LogP contribution is 2.21. The molecule has 0 spiro atoms. The molecule has 3 nitrogen and oxygen atoms in total. The van der Waals surface area contributed by atoms with Gasteiger partial charge < -0.3 is 4.98 Å². The zero-order valence-corrected chi connectivity index (χ0v) is 9.84. The van der Waals surface area contributed by atoms with Crippen molar-refractivity contribution in [2.45, 2.75) is 0 Å². The topological polar surface area (TPSA) is 33.6 Å². The first-order valence-electron chi connectivity index (χ1n) is 5.18. The van der Waals surface area contributed by atoms with Crippen LogP contribution in [0, 0.1) is 16.4 Å². The Bertz CT molecular complexity index is 791. The number of aromatic amines is 1. The van der Waals surface area contributed by atoms with Gasteiger partial charge in [0.2, 0.25) is 0 Å². The Hall–Kier alpha value is -2.08. The maximum absolute atomic E-state index is 13.8. The highest BCUT2D eigenvalue weighted by Gasteiger charge is 2.13. The van der Waals surface area contributed by atoms with Crippen molar-refractivity contribution in [1.29, 1.82) is 0 Å². The van der Waals surface area contributed by atoms with Crippen molar-refractivity contribution in [2.24, 2.45) is 0 Å². The Kier molecular flexibility index (Phi) is 2.45. The molecule has 3 rings (SSSR count). The van der Waals surface area contributed by atoms with Crippen LogP contribution in [0.3, 0.4) is 0 Å². The summed E-state index contributed by atoms with van der Waals surface area (Å²) in [6.45, 7) is 0. The van der Waals surface area contributed by atoms with Crippen molar-refractivity contribution in [3.05, 3.63) is 52.9 Å². The summed E-state index contributed by atoms with van der Waals surface area (Å²) < 4.78 is 28.7. The Morgan fingerprint density at radius 1 is 1.17 bits per heavy atom. The van der Waals surface area contributed by atoms with E-state index in [1.54, 1.807) is 18.3 Å². The average molecular weight is 263 g/mol. The van der Waals surface area contributed by atoms with Gasteiger partial charge in [-0.25, -0.2) is 13.8 Å². The summed E-state index contributed by atoms with van der Waals surface area (Å²) in [5, 5.41) is 0. The number of nitrogens with zero attached hydrogens (tertiary/aromatic N) is 2. The largest absolute Gasteiger partial charge is 0.329 e. The summed E-state index contributed by atoms with van der Waals surface area (Å²) in [6.07, 6.45) is 1.57. The molecule has 3 aromatic rings. The van der Waals surface area contributed by atoms with E-state index in [4.69, 9.17) is 12.2 Å². The molecule has 0 aliphatic heterocycles. The highest BCUT2D eigenvalue weighted by molar-refractivity contribution is 7.71. The van der Waals surface area contributed by atoms with Gasteiger partial charge in [0.1, 0.15) is 0 Å². The number of hydrogen-bond donors (Lipinski definition) is 1. The van der Waals surface area contributed by atoms with Gasteiger partial charge in [0, 0.05) is 6.20 Å². The first-order chi connectivity index (χ1) is 8.68. The van der Waals surface area contributed by atoms with Crippen molar-refractivity contribution in [1.82, 2.24) is 14.5 Å². The van der Waals surface area contributed by atoms with E-state index < -0.39 is 11.6 Å². The second-order valence-electron chi connectivity index (χ2n) is 3.71. The molecule has 0 atom stereocenters. The van der Waals surface area contributed by atoms with Crippen molar-refractivity contribution < 1.29 is 8.78 Å². The number of aromatic nitrogens is 3. The molecule has 0 fully saturated rings. The number of rotatable bonds is 1. The lowest BCUT2D eigenvalue weighted by Gasteiger charge is -2.05. The molecular weight excluding hydrogens is 256 g/mol. The van der Waals surface area contributed by atoms with Crippen LogP contribution in [-0.2, 0) is 0 Å². The first kappa shape index (κ1) is 11.0. The van der Waals surface area contributed by atoms with Gasteiger partial charge in [0.25, 0.3) is 0 Å². The van der Waals surface area contributed by atoms with Crippen LogP contribution < -0.4 is 0 Å². The van der Waals surface area contributed by atoms with Gasteiger partial charge in [-0.15, -0.1) is 0 Å². The average Bonchev–Trinajstić information content (AvgIpc) is 2.69. The normalized spacial score (nSPS) is 11.0. The van der Waals surface area contributed by atoms with Gasteiger partial charge in [-0.3, -0.25) is 4.57 Å². The minimum atomic E-state index is -0.944. The molecule has 0 amide bonds. The summed E-state index contributed by atoms with van der Waals surface area (Å²) in [6, 6.07) is 7.45. The van der Waals surface area contributed by atoms with Gasteiger partial charge in [-0.2, -0.15) is 0 Å². The molecule has 0 aliphatic rings. The maximum atomic E-state index is 13.8. The molecule has 0 aliphatic carbocycles. The highest BCUT2D eigenvalue weighted by atomic mass is 32.1. The molecule has 0 saturated carbocycles. The second kappa shape index (κ2) is 3.99. The summed E-state index contributed by atoms with van der Waals surface area (Å²) in [4.78, 5) is 7.02. The molecule has 0 saturated heterocycles. The SMILES string of the molecule is Fc1cccc(-n2c(=S)[nH]c3cccnc32)c1F. The predicted molar refractivity (Wildman–Crippen MR) is 66.2 cm³/mol. The number of halogens is 2. The molecule has 2 aromatic heterocycles. The summed E-state index contributed by atoms with van der Waals surface area (Å²) in [5.41, 5.74) is 1.18. The van der Waals surface area contributed by atoms with E-state index >= 15 is 0 Å². The van der Waals surface area contributed by atoms with Gasteiger partial charge in [-0.1, -0.05) is 6.07 Å². The van der Waals surface area contributed by atoms with Crippen LogP contribution in [0.1, 0.15) is 0 Å². The third-order valence-corrected chi connectivity index (χ3v) is 2.90. The van der Waals surface area contributed by atoms with Gasteiger partial charge >= 0.3 is 0 Å². The van der Waals surface area contributed by atoms with Crippen LogP contribution >= 0.6 is 12.2 Å². The summed E-state index contributed by atoms with van der Waals surface area (Å²) in [5.74, 6) is -1.86. The molecule has 1 N–H and O–H groups in total. The number of benzene rings is 1. The number of imidazole rings is 1. The Labute approximate surface area is 106 Å². The fraction of sp³-hybridized carbons (Fsp3) is 0. The number of fused-ring (bicyclic) bond motifs is 1. The Balaban J connectivity index is 2.42. The van der Waals surface area contributed by atoms with Crippen LogP contribution in [-0.4, -0.2) is 14.5 Å². The molecule has 0 bridgehead atoms. The lowest BCUT2D eigenvalue weighted by atomic mass is 10.3. The van der Waals surface area contributed by atoms with E-state index in [0.717, 1.165) is 6.07 Å². The van der Waals surface area contributed by atoms with Crippen LogP contribution in [0.5, 0.6) is 0 Å². The van der Waals surface area contributed by atoms with Crippen LogP contribution in [0.4, 0.5) is 8.78 Å². The maximum Gasteiger partial charge on any atom is 0.184 e. The van der Waals surface area contributed by atoms with Crippen molar-refractivity contribution >= 4 is 23.4 Å². The summed E-state index contributed by atoms with van der Waals surface area (Å²) in [7, 11) is 0. The van der Waals surface area contributed by atoms with Crippen LogP contribution in [0.25, 0.3) is 16.9 Å². The molecule has 90 valence electrons. The molecule has 18 heavy (non-hydrogen) atoms. The Morgan fingerprint density at radius 3 is 2.83 bits per heavy atom. The third-order valence-electron chi connectivity index (χ3n) is 2.62. The van der Waals surface area contributed by atoms with Crippen molar-refractivity contribution in [3.8, 4) is 5.69 Å². The lowest BCUT2D eigenvalue weighted by molar-refractivity contribution is 0.504. The summed E-state index contributed by atoms with van der Waals surface area (Å²) >= 11 is 5.12. The van der Waals surface area contributed by atoms with E-state index in [1.807, 2.05) is 0 Å². The smallest absolute Gasteiger partial charge is 0.184 e. The fourth-order valence-electron chi connectivity index (χ4n) is 1.83. The second-order valence-corrected chi connectivity index (χ2v) is 4.10. The molecule has 0 radical (unpaired) electrons. The molecule has 0 unspecified atom stereocenters. The first-order valence-corrected chi connectivity index (χ1v) is 5.59. The van der Waals surface area contributed by atoms with Crippen molar-refractivity contribution in [3.63, 3.8) is 0 Å². The predicted octanol–water partition coefficient (Wildman–Crippen LogP) is 3.36. The van der Waals surface area contributed by atoms with Gasteiger partial charge in [0.05, 0.1) is 11.2 Å². The molecular formula is C12H7F2N3S. The van der Waals surface area contributed by atoms with E-state index in [-0.39, 0.29) is 10.5 Å². The minimum absolute atomic E-state index is 0.0463. The fourth-order valence-corrected chi connectivity index (χ4v) is 2.12. The number of H-pyrrole nitrogens is 1. The zero-order chi connectivity index (χ0) is 12.7. The number of hydrogen-bond acceptors (Lipinski definition) is 2. The van der Waals surface area contributed by atoms with E-state index in [0.29, 0.717) is 11.2 Å². The van der Waals surface area contributed by atoms with E-state index in [1.165, 1.54) is 16.7 Å². The number of nitrogens with one attached hydrogen (secondary N) is 1. The number of pyridine rings is 1. The van der Waals surface area contributed by atoms with E-state index in [9.17, 15) is 8.78 Å². The lowest BCUT2D eigenvalue weighted by Crippen LogP contribution is -2.00. The molecule has 1 aromatic carbocycles. The van der Waals surface area contributed by atoms with Crippen LogP contribution in [0.15, 0.2) is 36.5 Å². The van der Waals surface area contributed by atoms with Crippen LogP contribution in [0.2, 0.25) is 0 Å². The van der Waals surface area contributed by atoms with Gasteiger partial charge in [0.15, 0.2) is 22.1 Å². The van der Waals surface area contributed by atoms with Gasteiger partial charge in [-0.05, 0) is 36.5 Å². The zero-order valence-electron chi connectivity index (χ0n) is 9.02. The Morgan fingerprint density at radius 2 is 2.00 bits per heavy atom. The third kappa shape index (κ3) is 1.53.